The minimum Gasteiger partial charge on any atom is -0.373 e. The molecular formula is C16H27N3O2. The van der Waals surface area contributed by atoms with Crippen LogP contribution in [-0.4, -0.2) is 54.9 Å². The molecule has 2 aliphatic carbocycles. The fourth-order valence-electron chi connectivity index (χ4n) is 3.82. The van der Waals surface area contributed by atoms with Gasteiger partial charge in [-0.2, -0.15) is 0 Å². The Bertz CT molecular complexity index is 395. The molecule has 2 N–H and O–H groups in total. The van der Waals surface area contributed by atoms with Crippen LogP contribution < -0.4 is 10.6 Å². The van der Waals surface area contributed by atoms with Crippen molar-refractivity contribution in [3.8, 4) is 0 Å². The molecule has 2 aliphatic heterocycles. The number of nitrogens with one attached hydrogen (secondary N) is 2. The van der Waals surface area contributed by atoms with E-state index in [-0.39, 0.29) is 18.2 Å². The summed E-state index contributed by atoms with van der Waals surface area (Å²) in [6.45, 7) is 3.01. The summed E-state index contributed by atoms with van der Waals surface area (Å²) >= 11 is 0. The molecule has 2 amide bonds. The van der Waals surface area contributed by atoms with Crippen LogP contribution in [0.1, 0.15) is 44.9 Å². The van der Waals surface area contributed by atoms with E-state index in [1.54, 1.807) is 0 Å². The molecule has 4 aliphatic rings. The minimum atomic E-state index is -0.0154. The quantitative estimate of drug-likeness (QED) is 0.747. The van der Waals surface area contributed by atoms with Crippen molar-refractivity contribution in [3.63, 3.8) is 0 Å². The number of rotatable bonds is 7. The fourth-order valence-corrected chi connectivity index (χ4v) is 3.82. The van der Waals surface area contributed by atoms with E-state index >= 15 is 0 Å². The molecule has 0 aromatic rings. The van der Waals surface area contributed by atoms with Gasteiger partial charge >= 0.3 is 6.03 Å². The van der Waals surface area contributed by atoms with Crippen molar-refractivity contribution in [2.45, 2.75) is 69.2 Å². The van der Waals surface area contributed by atoms with Gasteiger partial charge in [0, 0.05) is 25.7 Å². The lowest BCUT2D eigenvalue weighted by molar-refractivity contribution is 0.0981. The highest BCUT2D eigenvalue weighted by molar-refractivity contribution is 5.74. The van der Waals surface area contributed by atoms with Crippen LogP contribution in [0.25, 0.3) is 0 Å². The standard InChI is InChI=1S/C16H27N3O2/c20-16(18-14-9-13-5-6-15(14)21-13)17-7-8-19(12-3-4-12)10-11-1-2-11/h11-15H,1-10H2,(H2,17,18,20)/t13-,14-,15-/m1/s1. The molecule has 2 saturated heterocycles. The Kier molecular flexibility index (Phi) is 3.79. The van der Waals surface area contributed by atoms with E-state index < -0.39 is 0 Å². The van der Waals surface area contributed by atoms with Crippen LogP contribution in [0.3, 0.4) is 0 Å². The molecule has 0 aromatic carbocycles. The van der Waals surface area contributed by atoms with E-state index in [2.05, 4.69) is 15.5 Å². The number of ether oxygens (including phenoxy) is 1. The highest BCUT2D eigenvalue weighted by Crippen LogP contribution is 2.35. The molecule has 2 heterocycles. The van der Waals surface area contributed by atoms with Gasteiger partial charge in [-0.25, -0.2) is 4.79 Å². The van der Waals surface area contributed by atoms with Crippen LogP contribution in [0.5, 0.6) is 0 Å². The average Bonchev–Trinajstić information content (AvgIpc) is 3.38. The predicted molar refractivity (Wildman–Crippen MR) is 80.2 cm³/mol. The molecule has 0 aromatic heterocycles. The summed E-state index contributed by atoms with van der Waals surface area (Å²) in [4.78, 5) is 14.6. The first kappa shape index (κ1) is 13.8. The number of hydrogen-bond donors (Lipinski definition) is 2. The SMILES string of the molecule is O=C(NCCN(CC1CC1)C1CC1)N[C@@H]1C[C@H]2CC[C@H]1O2. The molecule has 0 radical (unpaired) electrons. The van der Waals surface area contributed by atoms with Crippen molar-refractivity contribution in [2.75, 3.05) is 19.6 Å². The lowest BCUT2D eigenvalue weighted by Gasteiger charge is -2.23. The fraction of sp³-hybridized carbons (Fsp3) is 0.938. The Morgan fingerprint density at radius 1 is 1.14 bits per heavy atom. The Balaban J connectivity index is 1.15. The second-order valence-electron chi connectivity index (χ2n) is 7.29. The maximum absolute atomic E-state index is 12.0. The number of amides is 2. The highest BCUT2D eigenvalue weighted by Gasteiger charge is 2.41. The monoisotopic (exact) mass is 293 g/mol. The number of nitrogens with zero attached hydrogens (tertiary/aromatic N) is 1. The zero-order valence-electron chi connectivity index (χ0n) is 12.7. The smallest absolute Gasteiger partial charge is 0.315 e. The van der Waals surface area contributed by atoms with Gasteiger partial charge in [0.05, 0.1) is 18.2 Å². The van der Waals surface area contributed by atoms with Crippen molar-refractivity contribution in [3.05, 3.63) is 0 Å². The second-order valence-corrected chi connectivity index (χ2v) is 7.29. The minimum absolute atomic E-state index is 0.0154. The van der Waals surface area contributed by atoms with Crippen molar-refractivity contribution >= 4 is 6.03 Å². The number of carbonyl (C=O) groups is 1. The molecule has 0 unspecified atom stereocenters. The molecule has 5 nitrogen and oxygen atoms in total. The third kappa shape index (κ3) is 3.51. The van der Waals surface area contributed by atoms with E-state index in [0.29, 0.717) is 6.10 Å². The van der Waals surface area contributed by atoms with Gasteiger partial charge < -0.3 is 15.4 Å². The van der Waals surface area contributed by atoms with Crippen molar-refractivity contribution in [1.82, 2.24) is 15.5 Å². The number of fused-ring (bicyclic) bond motifs is 2. The Morgan fingerprint density at radius 3 is 2.62 bits per heavy atom. The third-order valence-electron chi connectivity index (χ3n) is 5.36. The van der Waals surface area contributed by atoms with Crippen LogP contribution in [0.2, 0.25) is 0 Å². The second kappa shape index (κ2) is 5.76. The lowest BCUT2D eigenvalue weighted by atomic mass is 9.96. The first-order chi connectivity index (χ1) is 10.3. The van der Waals surface area contributed by atoms with Gasteiger partial charge in [-0.1, -0.05) is 0 Å². The van der Waals surface area contributed by atoms with Gasteiger partial charge in [-0.05, 0) is 50.9 Å². The third-order valence-corrected chi connectivity index (χ3v) is 5.36. The van der Waals surface area contributed by atoms with E-state index in [4.69, 9.17) is 4.74 Å². The molecule has 0 spiro atoms. The van der Waals surface area contributed by atoms with Gasteiger partial charge in [0.25, 0.3) is 0 Å². The average molecular weight is 293 g/mol. The van der Waals surface area contributed by atoms with E-state index in [1.807, 2.05) is 0 Å². The van der Waals surface area contributed by atoms with Crippen LogP contribution in [0.4, 0.5) is 4.79 Å². The molecule has 21 heavy (non-hydrogen) atoms. The van der Waals surface area contributed by atoms with E-state index in [0.717, 1.165) is 37.9 Å². The number of urea groups is 1. The number of carbonyl (C=O) groups excluding carboxylic acids is 1. The summed E-state index contributed by atoms with van der Waals surface area (Å²) in [6, 6.07) is 1.02. The number of hydrogen-bond acceptors (Lipinski definition) is 3. The van der Waals surface area contributed by atoms with Crippen LogP contribution >= 0.6 is 0 Å². The normalized spacial score (nSPS) is 34.4. The van der Waals surface area contributed by atoms with Gasteiger partial charge in [0.1, 0.15) is 0 Å². The first-order valence-corrected chi connectivity index (χ1v) is 8.72. The summed E-state index contributed by atoms with van der Waals surface area (Å²) in [7, 11) is 0. The van der Waals surface area contributed by atoms with E-state index in [1.165, 1.54) is 38.6 Å². The van der Waals surface area contributed by atoms with Crippen LogP contribution in [-0.2, 0) is 4.74 Å². The van der Waals surface area contributed by atoms with E-state index in [9.17, 15) is 4.79 Å². The highest BCUT2D eigenvalue weighted by atomic mass is 16.5. The largest absolute Gasteiger partial charge is 0.373 e. The van der Waals surface area contributed by atoms with Crippen molar-refractivity contribution in [1.29, 1.82) is 0 Å². The van der Waals surface area contributed by atoms with Crippen molar-refractivity contribution in [2.24, 2.45) is 5.92 Å². The zero-order valence-corrected chi connectivity index (χ0v) is 12.7. The van der Waals surface area contributed by atoms with Crippen LogP contribution in [0.15, 0.2) is 0 Å². The maximum atomic E-state index is 12.0. The summed E-state index contributed by atoms with van der Waals surface area (Å²) in [5, 5.41) is 6.12. The Morgan fingerprint density at radius 2 is 2.00 bits per heavy atom. The lowest BCUT2D eigenvalue weighted by Crippen LogP contribution is -2.48. The summed E-state index contributed by atoms with van der Waals surface area (Å²) < 4.78 is 5.77. The van der Waals surface area contributed by atoms with Gasteiger partial charge in [0.2, 0.25) is 0 Å². The summed E-state index contributed by atoms with van der Waals surface area (Å²) in [6.07, 6.45) is 9.43. The van der Waals surface area contributed by atoms with Crippen molar-refractivity contribution < 1.29 is 9.53 Å². The topological polar surface area (TPSA) is 53.6 Å². The maximum Gasteiger partial charge on any atom is 0.315 e. The molecular weight excluding hydrogens is 266 g/mol. The molecule has 2 bridgehead atoms. The first-order valence-electron chi connectivity index (χ1n) is 8.72. The summed E-state index contributed by atoms with van der Waals surface area (Å²) in [5.41, 5.74) is 0. The van der Waals surface area contributed by atoms with Gasteiger partial charge in [-0.15, -0.1) is 0 Å². The molecule has 4 rings (SSSR count). The predicted octanol–water partition coefficient (Wildman–Crippen LogP) is 1.48. The molecule has 5 heteroatoms. The Hall–Kier alpha value is -0.810. The molecule has 118 valence electrons. The molecule has 3 atom stereocenters. The zero-order chi connectivity index (χ0) is 14.2. The van der Waals surface area contributed by atoms with Crippen LogP contribution in [0, 0.1) is 5.92 Å². The molecule has 2 saturated carbocycles. The summed E-state index contributed by atoms with van der Waals surface area (Å²) in [5.74, 6) is 0.936. The Labute approximate surface area is 126 Å². The van der Waals surface area contributed by atoms with Gasteiger partial charge in [-0.3, -0.25) is 4.90 Å². The molecule has 4 fully saturated rings. The van der Waals surface area contributed by atoms with Gasteiger partial charge in [0.15, 0.2) is 0 Å².